The number of hydroxylamine groups is 1. The highest BCUT2D eigenvalue weighted by atomic mass is 35.5. The van der Waals surface area contributed by atoms with Crippen molar-refractivity contribution in [3.05, 3.63) is 76.0 Å². The second kappa shape index (κ2) is 12.0. The van der Waals surface area contributed by atoms with Gasteiger partial charge in [-0.25, -0.2) is 20.3 Å². The summed E-state index contributed by atoms with van der Waals surface area (Å²) in [4.78, 5) is 38.6. The highest BCUT2D eigenvalue weighted by Gasteiger charge is 2.34. The molecule has 2 N–H and O–H groups in total. The van der Waals surface area contributed by atoms with E-state index >= 15 is 0 Å². The van der Waals surface area contributed by atoms with Gasteiger partial charge in [0.15, 0.2) is 17.3 Å². The summed E-state index contributed by atoms with van der Waals surface area (Å²) in [6.45, 7) is 1.77. The minimum atomic E-state index is -4.85. The van der Waals surface area contributed by atoms with Crippen molar-refractivity contribution in [2.75, 3.05) is 13.7 Å². The molecule has 1 heterocycles. The van der Waals surface area contributed by atoms with Gasteiger partial charge in [0.1, 0.15) is 5.70 Å². The van der Waals surface area contributed by atoms with Crippen LogP contribution in [-0.4, -0.2) is 42.4 Å². The molecule has 0 saturated carbocycles. The van der Waals surface area contributed by atoms with E-state index in [1.165, 1.54) is 24.4 Å². The van der Waals surface area contributed by atoms with Gasteiger partial charge in [-0.3, -0.25) is 9.63 Å². The maximum Gasteiger partial charge on any atom is 0.430 e. The van der Waals surface area contributed by atoms with Crippen LogP contribution >= 0.6 is 23.2 Å². The molecule has 0 aliphatic heterocycles. The number of alkyl halides is 3. The molecule has 194 valence electrons. The minimum Gasteiger partial charge on any atom is -0.419 e. The predicted molar refractivity (Wildman–Crippen MR) is 133 cm³/mol. The Labute approximate surface area is 219 Å². The highest BCUT2D eigenvalue weighted by molar-refractivity contribution is 6.44. The summed E-state index contributed by atoms with van der Waals surface area (Å²) < 4.78 is 45.7. The molecule has 0 aliphatic carbocycles. The Morgan fingerprint density at radius 1 is 1.16 bits per heavy atom. The third-order valence-electron chi connectivity index (χ3n) is 4.72. The monoisotopic (exact) mass is 554 g/mol. The molecule has 0 atom stereocenters. The number of carbonyl (C=O) groups excluding carboxylic acids is 2. The Hall–Kier alpha value is -3.67. The van der Waals surface area contributed by atoms with Gasteiger partial charge >= 0.3 is 12.1 Å². The number of halogens is 5. The first-order valence-electron chi connectivity index (χ1n) is 10.6. The zero-order valence-electron chi connectivity index (χ0n) is 19.3. The Balaban J connectivity index is 2.16. The van der Waals surface area contributed by atoms with E-state index in [4.69, 9.17) is 32.8 Å². The fraction of sp³-hybridized carbons (Fsp3) is 0.167. The van der Waals surface area contributed by atoms with Gasteiger partial charge in [-0.15, -0.1) is 0 Å². The van der Waals surface area contributed by atoms with Crippen LogP contribution < -0.4 is 15.5 Å². The molecule has 0 spiro atoms. The van der Waals surface area contributed by atoms with Crippen LogP contribution in [-0.2, 0) is 9.63 Å². The van der Waals surface area contributed by atoms with Gasteiger partial charge in [-0.2, -0.15) is 13.2 Å². The summed E-state index contributed by atoms with van der Waals surface area (Å²) in [6.07, 6.45) is -3.13. The Morgan fingerprint density at radius 3 is 2.54 bits per heavy atom. The summed E-state index contributed by atoms with van der Waals surface area (Å²) in [5.41, 5.74) is -0.139. The first-order chi connectivity index (χ1) is 17.6. The van der Waals surface area contributed by atoms with E-state index < -0.39 is 35.2 Å². The van der Waals surface area contributed by atoms with E-state index in [2.05, 4.69) is 15.5 Å². The Bertz CT molecular complexity index is 1390. The normalized spacial score (nSPS) is 12.4. The number of esters is 1. The van der Waals surface area contributed by atoms with Crippen LogP contribution in [0.1, 0.15) is 17.3 Å². The van der Waals surface area contributed by atoms with Crippen molar-refractivity contribution < 1.29 is 32.3 Å². The number of benzene rings is 2. The molecule has 0 unspecified atom stereocenters. The van der Waals surface area contributed by atoms with Crippen LogP contribution in [0.25, 0.3) is 10.8 Å². The van der Waals surface area contributed by atoms with Crippen LogP contribution in [0.4, 0.5) is 19.0 Å². The predicted octanol–water partition coefficient (Wildman–Crippen LogP) is 5.57. The smallest absolute Gasteiger partial charge is 0.419 e. The standard InChI is InChI=1S/C24H19Cl2F3N4O4/c1-3-36-33-22(34)15-11-13-7-4-5-8-14(13)19(26)20(15)37-23(35)17(12-18(30-2)24(27,28)29)32-21-16(25)9-6-10-31-21/h4-12,30H,3H2,1-2H3,(H,33,34). The fourth-order valence-corrected chi connectivity index (χ4v) is 3.51. The number of fused-ring (bicyclic) bond motifs is 1. The molecular formula is C24H19Cl2F3N4O4. The average Bonchev–Trinajstić information content (AvgIpc) is 2.86. The quantitative estimate of drug-likeness (QED) is 0.163. The van der Waals surface area contributed by atoms with Crippen LogP contribution in [0.15, 0.2) is 65.4 Å². The van der Waals surface area contributed by atoms with Crippen LogP contribution in [0, 0.1) is 0 Å². The zero-order chi connectivity index (χ0) is 27.2. The maximum absolute atomic E-state index is 13.4. The van der Waals surface area contributed by atoms with E-state index in [0.717, 1.165) is 7.05 Å². The molecule has 0 saturated heterocycles. The Morgan fingerprint density at radius 2 is 1.89 bits per heavy atom. The Kier molecular flexibility index (Phi) is 9.09. The van der Waals surface area contributed by atoms with E-state index in [1.807, 2.05) is 5.32 Å². The summed E-state index contributed by atoms with van der Waals surface area (Å²) in [7, 11) is 1.02. The van der Waals surface area contributed by atoms with Gasteiger partial charge in [0.05, 0.1) is 22.2 Å². The van der Waals surface area contributed by atoms with Crippen LogP contribution in [0.5, 0.6) is 5.75 Å². The number of ether oxygens (including phenoxy) is 1. The number of nitrogens with one attached hydrogen (secondary N) is 2. The molecule has 37 heavy (non-hydrogen) atoms. The number of allylic oxidation sites excluding steroid dienone is 1. The van der Waals surface area contributed by atoms with E-state index in [1.54, 1.807) is 31.2 Å². The van der Waals surface area contributed by atoms with Gasteiger partial charge < -0.3 is 10.1 Å². The van der Waals surface area contributed by atoms with E-state index in [0.29, 0.717) is 16.8 Å². The lowest BCUT2D eigenvalue weighted by atomic mass is 10.1. The third kappa shape index (κ3) is 6.76. The number of aromatic nitrogens is 1. The SMILES string of the molecule is CCONC(=O)c1cc2ccccc2c(Cl)c1OC(=O)C(C=C(NC)C(F)(F)F)=Nc1ncccc1Cl. The van der Waals surface area contributed by atoms with Crippen molar-refractivity contribution in [3.63, 3.8) is 0 Å². The number of carbonyl (C=O) groups is 2. The highest BCUT2D eigenvalue weighted by Crippen LogP contribution is 2.37. The molecule has 0 bridgehead atoms. The summed E-state index contributed by atoms with van der Waals surface area (Å²) in [5.74, 6) is -2.80. The minimum absolute atomic E-state index is 0.0280. The van der Waals surface area contributed by atoms with Gasteiger partial charge in [0, 0.05) is 18.6 Å². The molecule has 8 nitrogen and oxygen atoms in total. The van der Waals surface area contributed by atoms with Crippen molar-refractivity contribution in [2.24, 2.45) is 4.99 Å². The molecule has 0 aliphatic rings. The largest absolute Gasteiger partial charge is 0.430 e. The molecule has 0 fully saturated rings. The van der Waals surface area contributed by atoms with Crippen molar-refractivity contribution >= 4 is 57.4 Å². The number of rotatable bonds is 8. The maximum atomic E-state index is 13.4. The number of hydrogen-bond donors (Lipinski definition) is 2. The molecule has 1 amide bonds. The lowest BCUT2D eigenvalue weighted by molar-refractivity contribution is -0.126. The van der Waals surface area contributed by atoms with Crippen molar-refractivity contribution in [3.8, 4) is 5.75 Å². The summed E-state index contributed by atoms with van der Waals surface area (Å²) in [5, 5.41) is 2.77. The molecule has 13 heteroatoms. The molecule has 2 aromatic carbocycles. The number of hydrogen-bond acceptors (Lipinski definition) is 7. The second-order valence-electron chi connectivity index (χ2n) is 7.15. The van der Waals surface area contributed by atoms with E-state index in [-0.39, 0.29) is 28.0 Å². The number of amides is 1. The lowest BCUT2D eigenvalue weighted by Gasteiger charge is -2.15. The zero-order valence-corrected chi connectivity index (χ0v) is 20.8. The third-order valence-corrected chi connectivity index (χ3v) is 5.39. The van der Waals surface area contributed by atoms with Gasteiger partial charge in [-0.05, 0) is 36.6 Å². The molecule has 0 radical (unpaired) electrons. The second-order valence-corrected chi connectivity index (χ2v) is 7.94. The van der Waals surface area contributed by atoms with Crippen molar-refractivity contribution in [1.82, 2.24) is 15.8 Å². The lowest BCUT2D eigenvalue weighted by Crippen LogP contribution is -2.28. The average molecular weight is 555 g/mol. The fourth-order valence-electron chi connectivity index (χ4n) is 3.03. The van der Waals surface area contributed by atoms with Crippen molar-refractivity contribution in [1.29, 1.82) is 0 Å². The topological polar surface area (TPSA) is 102 Å². The van der Waals surface area contributed by atoms with Gasteiger partial charge in [0.25, 0.3) is 5.91 Å². The van der Waals surface area contributed by atoms with E-state index in [9.17, 15) is 22.8 Å². The number of aliphatic imine (C=N–C) groups is 1. The number of nitrogens with zero attached hydrogens (tertiary/aromatic N) is 2. The molecule has 3 rings (SSSR count). The molecular weight excluding hydrogens is 536 g/mol. The van der Waals surface area contributed by atoms with Crippen LogP contribution in [0.3, 0.4) is 0 Å². The van der Waals surface area contributed by atoms with Crippen LogP contribution in [0.2, 0.25) is 10.0 Å². The molecule has 3 aromatic rings. The van der Waals surface area contributed by atoms with Crippen molar-refractivity contribution in [2.45, 2.75) is 13.1 Å². The number of pyridine rings is 1. The first-order valence-corrected chi connectivity index (χ1v) is 11.3. The summed E-state index contributed by atoms with van der Waals surface area (Å²) >= 11 is 12.5. The van der Waals surface area contributed by atoms with Gasteiger partial charge in [-0.1, -0.05) is 47.5 Å². The molecule has 1 aromatic heterocycles. The summed E-state index contributed by atoms with van der Waals surface area (Å²) in [6, 6.07) is 10.9. The van der Waals surface area contributed by atoms with Gasteiger partial charge in [0.2, 0.25) is 0 Å². The first kappa shape index (κ1) is 27.9.